The maximum absolute atomic E-state index is 12.3. The molecule has 120 valence electrons. The number of carbonyl (C=O) groups is 2. The van der Waals surface area contributed by atoms with Crippen molar-refractivity contribution in [1.82, 2.24) is 14.5 Å². The number of nitrogens with zero attached hydrogens (tertiary/aromatic N) is 3. The third-order valence-corrected chi connectivity index (χ3v) is 4.85. The van der Waals surface area contributed by atoms with E-state index in [0.717, 1.165) is 23.6 Å². The van der Waals surface area contributed by atoms with Crippen LogP contribution < -0.4 is 29.6 Å². The van der Waals surface area contributed by atoms with E-state index >= 15 is 0 Å². The first kappa shape index (κ1) is 16.3. The molecule has 1 atom stereocenters. The van der Waals surface area contributed by atoms with Gasteiger partial charge in [-0.1, -0.05) is 30.3 Å². The van der Waals surface area contributed by atoms with Gasteiger partial charge >= 0.3 is 35.5 Å². The zero-order valence-electron chi connectivity index (χ0n) is 14.6. The summed E-state index contributed by atoms with van der Waals surface area (Å²) < 4.78 is 2.08. The van der Waals surface area contributed by atoms with Crippen molar-refractivity contribution in [2.45, 2.75) is 19.0 Å². The summed E-state index contributed by atoms with van der Waals surface area (Å²) in [5.41, 5.74) is 3.83. The van der Waals surface area contributed by atoms with Crippen LogP contribution in [0.2, 0.25) is 0 Å². The largest absolute Gasteiger partial charge is 1.00 e. The van der Waals surface area contributed by atoms with Crippen LogP contribution in [0.15, 0.2) is 47.8 Å². The molecule has 1 amide bonds. The molecule has 0 radical (unpaired) electrons. The zero-order chi connectivity index (χ0) is 16.4. The first-order valence-corrected chi connectivity index (χ1v) is 7.77. The molecule has 0 bridgehead atoms. The average Bonchev–Trinajstić information content (AvgIpc) is 3.22. The van der Waals surface area contributed by atoms with Gasteiger partial charge in [0.25, 0.3) is 5.91 Å². The van der Waals surface area contributed by atoms with E-state index in [1.54, 1.807) is 12.2 Å². The number of β-lactam (4-membered cyclic amide) rings is 1. The molecule has 0 saturated carbocycles. The Balaban J connectivity index is 0.000000980. The first-order valence-electron chi connectivity index (χ1n) is 7.77. The molecule has 3 aliphatic heterocycles. The van der Waals surface area contributed by atoms with Crippen LogP contribution in [0.4, 0.5) is 0 Å². The molecule has 1 N–H and O–H groups in total. The molecule has 0 spiro atoms. The van der Waals surface area contributed by atoms with E-state index in [0.29, 0.717) is 12.0 Å². The summed E-state index contributed by atoms with van der Waals surface area (Å²) >= 11 is 0. The van der Waals surface area contributed by atoms with Crippen molar-refractivity contribution >= 4 is 18.0 Å². The van der Waals surface area contributed by atoms with Crippen molar-refractivity contribution in [2.75, 3.05) is 0 Å². The van der Waals surface area contributed by atoms with Crippen molar-refractivity contribution < 1.29 is 45.7 Å². The predicted molar refractivity (Wildman–Crippen MR) is 86.8 cm³/mol. The topological polar surface area (TPSA) is 75.4 Å². The minimum atomic E-state index is -1.05. The number of fused-ring (bicyclic) bond motifs is 4. The zero-order valence-corrected chi connectivity index (χ0v) is 15.6. The minimum Gasteiger partial charge on any atom is -1.00 e. The second kappa shape index (κ2) is 5.69. The molecular weight excluding hydrogens is 329 g/mol. The van der Waals surface area contributed by atoms with Crippen LogP contribution in [0, 0.1) is 0 Å². The fraction of sp³-hybridized carbons (Fsp3) is 0.167. The molecule has 7 heteroatoms. The Bertz CT molecular complexity index is 995. The summed E-state index contributed by atoms with van der Waals surface area (Å²) in [4.78, 5) is 29.4. The fourth-order valence-corrected chi connectivity index (χ4v) is 3.74. The smallest absolute Gasteiger partial charge is 1.00 e. The normalized spacial score (nSPS) is 21.2. The van der Waals surface area contributed by atoms with E-state index < -0.39 is 5.97 Å². The molecule has 1 saturated heterocycles. The summed E-state index contributed by atoms with van der Waals surface area (Å²) in [6.07, 6.45) is 5.89. The second-order valence-electron chi connectivity index (χ2n) is 6.20. The van der Waals surface area contributed by atoms with E-state index in [2.05, 4.69) is 15.6 Å². The Hall–Kier alpha value is -2.15. The number of rotatable bonds is 2. The first-order chi connectivity index (χ1) is 11.6. The summed E-state index contributed by atoms with van der Waals surface area (Å²) in [6, 6.07) is 7.99. The Kier molecular flexibility index (Phi) is 3.72. The van der Waals surface area contributed by atoms with Crippen LogP contribution >= 0.6 is 0 Å². The predicted octanol–water partition coefficient (Wildman–Crippen LogP) is -1.01. The van der Waals surface area contributed by atoms with Gasteiger partial charge in [0.1, 0.15) is 11.5 Å². The number of amides is 1. The van der Waals surface area contributed by atoms with Gasteiger partial charge in [0.05, 0.1) is 11.7 Å². The second-order valence-corrected chi connectivity index (χ2v) is 6.20. The average molecular weight is 343 g/mol. The quantitative estimate of drug-likeness (QED) is 0.368. The van der Waals surface area contributed by atoms with Gasteiger partial charge in [0.2, 0.25) is 0 Å². The van der Waals surface area contributed by atoms with Crippen LogP contribution in [-0.4, -0.2) is 37.5 Å². The molecule has 1 unspecified atom stereocenters. The van der Waals surface area contributed by atoms with Crippen molar-refractivity contribution in [1.29, 1.82) is 0 Å². The van der Waals surface area contributed by atoms with Gasteiger partial charge in [-0.15, -0.1) is 0 Å². The van der Waals surface area contributed by atoms with E-state index in [-0.39, 0.29) is 48.6 Å². The Morgan fingerprint density at radius 2 is 2.16 bits per heavy atom. The number of imidazole rings is 1. The molecule has 1 aromatic heterocycles. The van der Waals surface area contributed by atoms with Crippen LogP contribution in [0.5, 0.6) is 0 Å². The molecule has 6 nitrogen and oxygen atoms in total. The van der Waals surface area contributed by atoms with Crippen molar-refractivity contribution in [3.63, 3.8) is 0 Å². The number of hydrogen-bond acceptors (Lipinski definition) is 3. The molecule has 2 aromatic rings. The van der Waals surface area contributed by atoms with Crippen LogP contribution in [0.3, 0.4) is 0 Å². The number of aromatic nitrogens is 2. The molecule has 3 aliphatic rings. The fourth-order valence-electron chi connectivity index (χ4n) is 3.74. The van der Waals surface area contributed by atoms with Crippen molar-refractivity contribution in [2.24, 2.45) is 0 Å². The van der Waals surface area contributed by atoms with Gasteiger partial charge in [-0.25, -0.2) is 9.78 Å². The molecule has 5 rings (SSSR count). The summed E-state index contributed by atoms with van der Waals surface area (Å²) in [5, 5.41) is 9.10. The van der Waals surface area contributed by atoms with Gasteiger partial charge in [-0.2, -0.15) is 0 Å². The molecule has 1 fully saturated rings. The third-order valence-electron chi connectivity index (χ3n) is 4.85. The van der Waals surface area contributed by atoms with E-state index in [1.165, 1.54) is 10.5 Å². The molecule has 1 aromatic carbocycles. The summed E-state index contributed by atoms with van der Waals surface area (Å²) in [6.45, 7) is 0.788. The van der Waals surface area contributed by atoms with Gasteiger partial charge in [-0.3, -0.25) is 9.69 Å². The van der Waals surface area contributed by atoms with E-state index in [1.807, 2.05) is 24.4 Å². The Morgan fingerprint density at radius 3 is 2.96 bits per heavy atom. The number of carbonyl (C=O) groups excluding carboxylic acids is 1. The molecular formula is C18H14N3NaO3. The maximum Gasteiger partial charge on any atom is 1.00 e. The molecule has 4 heterocycles. The van der Waals surface area contributed by atoms with Crippen LogP contribution in [0.1, 0.15) is 19.1 Å². The number of aliphatic carboxylic acids is 1. The number of hydrogen-bond donors (Lipinski definition) is 1. The number of carboxylic acid groups (broad SMARTS) is 1. The van der Waals surface area contributed by atoms with Gasteiger partial charge in [0.15, 0.2) is 0 Å². The van der Waals surface area contributed by atoms with Crippen molar-refractivity contribution in [3.05, 3.63) is 59.1 Å². The number of carboxylic acids is 1. The van der Waals surface area contributed by atoms with E-state index in [4.69, 9.17) is 5.11 Å². The van der Waals surface area contributed by atoms with Gasteiger partial charge in [0, 0.05) is 23.9 Å². The van der Waals surface area contributed by atoms with Crippen LogP contribution in [0.25, 0.3) is 17.5 Å². The van der Waals surface area contributed by atoms with Gasteiger partial charge < -0.3 is 11.1 Å². The minimum absolute atomic E-state index is 0. The maximum atomic E-state index is 12.3. The Morgan fingerprint density at radius 1 is 1.36 bits per heavy atom. The van der Waals surface area contributed by atoms with E-state index in [9.17, 15) is 9.59 Å². The third kappa shape index (κ3) is 2.25. The summed E-state index contributed by atoms with van der Waals surface area (Å²) in [7, 11) is 0. The summed E-state index contributed by atoms with van der Waals surface area (Å²) in [5.74, 6) is -0.376. The van der Waals surface area contributed by atoms with Gasteiger partial charge in [-0.05, 0) is 18.1 Å². The van der Waals surface area contributed by atoms with Crippen molar-refractivity contribution in [3.8, 4) is 11.4 Å². The Labute approximate surface area is 167 Å². The molecule has 0 aliphatic carbocycles. The van der Waals surface area contributed by atoms with Crippen LogP contribution in [-0.2, 0) is 16.1 Å². The standard InChI is InChI=1S/C18H13N3O3.Na.H/c22-17-13(14-5-6-15(18(23)24)21(14)17)7-11-9-20-8-10-3-1-2-4-12(10)16(20)19-11;;/h1-4,6-7,9,14H,5,8H2,(H,23,24);;/q;+1;-1. The monoisotopic (exact) mass is 343 g/mol. The SMILES string of the molecule is O=C(O)C1=CCC2C(=Cc3cn4c(n3)-c3ccccc3C4)C(=O)N12.[H-].[Na+]. The number of benzene rings is 1. The molecule has 25 heavy (non-hydrogen) atoms.